The Labute approximate surface area is 194 Å². The Morgan fingerprint density at radius 2 is 1.76 bits per heavy atom. The highest BCUT2D eigenvalue weighted by molar-refractivity contribution is 6.31. The predicted molar refractivity (Wildman–Crippen MR) is 125 cm³/mol. The first-order valence-corrected chi connectivity index (χ1v) is 11.6. The molecule has 7 heteroatoms. The van der Waals surface area contributed by atoms with Gasteiger partial charge in [-0.1, -0.05) is 12.1 Å². The van der Waals surface area contributed by atoms with E-state index in [4.69, 9.17) is 9.47 Å². The lowest BCUT2D eigenvalue weighted by Crippen LogP contribution is -2.50. The van der Waals surface area contributed by atoms with E-state index in [1.807, 2.05) is 30.3 Å². The number of benzene rings is 1. The van der Waals surface area contributed by atoms with E-state index in [0.717, 1.165) is 68.0 Å². The number of aromatic nitrogens is 1. The normalized spacial score (nSPS) is 21.5. The van der Waals surface area contributed by atoms with Crippen LogP contribution in [0.4, 0.5) is 0 Å². The Bertz CT molecular complexity index is 1070. The van der Waals surface area contributed by atoms with E-state index in [1.54, 1.807) is 19.5 Å². The van der Waals surface area contributed by atoms with Crippen LogP contribution in [0, 0.1) is 0 Å². The molecule has 0 N–H and O–H groups in total. The number of aryl methyl sites for hydroxylation is 1. The first-order chi connectivity index (χ1) is 16.1. The molecule has 0 saturated carbocycles. The maximum atomic E-state index is 13.5. The Morgan fingerprint density at radius 1 is 1.00 bits per heavy atom. The van der Waals surface area contributed by atoms with Crippen molar-refractivity contribution in [3.05, 3.63) is 65.0 Å². The zero-order valence-electron chi connectivity index (χ0n) is 19.0. The van der Waals surface area contributed by atoms with E-state index in [0.29, 0.717) is 24.3 Å². The molecule has 1 unspecified atom stereocenters. The van der Waals surface area contributed by atoms with Gasteiger partial charge < -0.3 is 9.47 Å². The number of carbonyl (C=O) groups excluding carboxylic acids is 2. The Hall–Kier alpha value is -2.87. The first-order valence-electron chi connectivity index (χ1n) is 11.6. The molecule has 3 aliphatic rings. The van der Waals surface area contributed by atoms with E-state index < -0.39 is 6.10 Å². The molecule has 1 aromatic heterocycles. The quantitative estimate of drug-likeness (QED) is 0.645. The van der Waals surface area contributed by atoms with Gasteiger partial charge in [0.25, 0.3) is 0 Å². The number of ether oxygens (including phenoxy) is 2. The van der Waals surface area contributed by atoms with E-state index in [2.05, 4.69) is 14.8 Å². The third-order valence-electron chi connectivity index (χ3n) is 6.78. The van der Waals surface area contributed by atoms with Crippen molar-refractivity contribution in [3.8, 4) is 0 Å². The summed E-state index contributed by atoms with van der Waals surface area (Å²) in [6.07, 6.45) is 4.14. The van der Waals surface area contributed by atoms with Gasteiger partial charge in [0.2, 0.25) is 5.78 Å². The highest BCUT2D eigenvalue weighted by atomic mass is 16.5. The molecule has 1 aliphatic carbocycles. The van der Waals surface area contributed by atoms with Crippen LogP contribution in [0.25, 0.3) is 11.3 Å². The minimum atomic E-state index is -0.538. The fraction of sp³-hybridized carbons (Fsp3) is 0.423. The summed E-state index contributed by atoms with van der Waals surface area (Å²) >= 11 is 0. The molecule has 33 heavy (non-hydrogen) atoms. The van der Waals surface area contributed by atoms with Crippen LogP contribution < -0.4 is 0 Å². The summed E-state index contributed by atoms with van der Waals surface area (Å²) in [4.78, 5) is 34.4. The van der Waals surface area contributed by atoms with Crippen LogP contribution in [0.2, 0.25) is 0 Å². The number of nitrogens with zero attached hydrogens (tertiary/aromatic N) is 3. The molecular weight excluding hydrogens is 418 g/mol. The molecule has 7 nitrogen and oxygen atoms in total. The summed E-state index contributed by atoms with van der Waals surface area (Å²) in [5, 5.41) is 0. The standard InChI is InChI=1S/C26H29N3O4/c1-32-15-14-28-10-12-29(13-11-28)17-23-25(31)24(18-6-8-27-9-7-18)26(33-23)20-2-4-21-19(16-20)3-5-22(21)30/h2,4,6-9,16,23H,3,5,10-15,17H2,1H3. The predicted octanol–water partition coefficient (Wildman–Crippen LogP) is 2.31. The lowest BCUT2D eigenvalue weighted by Gasteiger charge is -2.35. The largest absolute Gasteiger partial charge is 0.479 e. The molecule has 2 aromatic rings. The molecule has 0 spiro atoms. The second-order valence-corrected chi connectivity index (χ2v) is 8.84. The smallest absolute Gasteiger partial charge is 0.208 e. The molecule has 5 rings (SSSR count). The molecule has 1 saturated heterocycles. The van der Waals surface area contributed by atoms with Gasteiger partial charge in [-0.3, -0.25) is 24.4 Å². The number of hydrogen-bond donors (Lipinski definition) is 0. The second-order valence-electron chi connectivity index (χ2n) is 8.84. The first kappa shape index (κ1) is 21.9. The lowest BCUT2D eigenvalue weighted by atomic mass is 9.96. The zero-order valence-corrected chi connectivity index (χ0v) is 19.0. The van der Waals surface area contributed by atoms with Crippen LogP contribution >= 0.6 is 0 Å². The third-order valence-corrected chi connectivity index (χ3v) is 6.78. The number of methoxy groups -OCH3 is 1. The van der Waals surface area contributed by atoms with Crippen molar-refractivity contribution in [2.75, 3.05) is 53.0 Å². The summed E-state index contributed by atoms with van der Waals surface area (Å²) in [5.41, 5.74) is 4.09. The highest BCUT2D eigenvalue weighted by Gasteiger charge is 2.38. The lowest BCUT2D eigenvalue weighted by molar-refractivity contribution is -0.120. The number of hydrogen-bond acceptors (Lipinski definition) is 7. The summed E-state index contributed by atoms with van der Waals surface area (Å²) in [6, 6.07) is 9.50. The van der Waals surface area contributed by atoms with Gasteiger partial charge in [-0.15, -0.1) is 0 Å². The van der Waals surface area contributed by atoms with Crippen LogP contribution in [0.3, 0.4) is 0 Å². The summed E-state index contributed by atoms with van der Waals surface area (Å²) in [7, 11) is 1.73. The fourth-order valence-corrected chi connectivity index (χ4v) is 4.90. The van der Waals surface area contributed by atoms with Gasteiger partial charge in [0.1, 0.15) is 5.76 Å². The van der Waals surface area contributed by atoms with Gasteiger partial charge in [0, 0.05) is 76.3 Å². The minimum absolute atomic E-state index is 0.00888. The van der Waals surface area contributed by atoms with Crippen LogP contribution in [0.1, 0.15) is 33.5 Å². The topological polar surface area (TPSA) is 72.0 Å². The molecule has 0 bridgehead atoms. The Morgan fingerprint density at radius 3 is 2.52 bits per heavy atom. The number of fused-ring (bicyclic) bond motifs is 1. The van der Waals surface area contributed by atoms with Gasteiger partial charge in [-0.25, -0.2) is 0 Å². The molecule has 0 amide bonds. The van der Waals surface area contributed by atoms with Crippen LogP contribution in [0.15, 0.2) is 42.7 Å². The fourth-order valence-electron chi connectivity index (χ4n) is 4.90. The monoisotopic (exact) mass is 447 g/mol. The van der Waals surface area contributed by atoms with Crippen molar-refractivity contribution in [3.63, 3.8) is 0 Å². The Balaban J connectivity index is 1.37. The van der Waals surface area contributed by atoms with Crippen molar-refractivity contribution in [1.29, 1.82) is 0 Å². The molecule has 3 heterocycles. The summed E-state index contributed by atoms with van der Waals surface area (Å²) in [6.45, 7) is 5.95. The van der Waals surface area contributed by atoms with E-state index in [-0.39, 0.29) is 11.6 Å². The van der Waals surface area contributed by atoms with Gasteiger partial charge in [0.15, 0.2) is 11.9 Å². The zero-order chi connectivity index (χ0) is 22.8. The van der Waals surface area contributed by atoms with Crippen LogP contribution in [-0.4, -0.2) is 85.4 Å². The number of pyridine rings is 1. The van der Waals surface area contributed by atoms with Crippen molar-refractivity contribution in [2.45, 2.75) is 18.9 Å². The molecular formula is C26H29N3O4. The van der Waals surface area contributed by atoms with E-state index in [9.17, 15) is 9.59 Å². The highest BCUT2D eigenvalue weighted by Crippen LogP contribution is 2.38. The van der Waals surface area contributed by atoms with E-state index >= 15 is 0 Å². The van der Waals surface area contributed by atoms with Gasteiger partial charge >= 0.3 is 0 Å². The number of ketones is 2. The maximum Gasteiger partial charge on any atom is 0.208 e. The Kier molecular flexibility index (Phi) is 6.35. The van der Waals surface area contributed by atoms with Gasteiger partial charge in [0.05, 0.1) is 12.2 Å². The van der Waals surface area contributed by atoms with E-state index in [1.165, 1.54) is 0 Å². The number of piperazine rings is 1. The number of carbonyl (C=O) groups is 2. The second kappa shape index (κ2) is 9.55. The van der Waals surface area contributed by atoms with Crippen LogP contribution in [0.5, 0.6) is 0 Å². The molecule has 172 valence electrons. The molecule has 0 radical (unpaired) electrons. The van der Waals surface area contributed by atoms with Gasteiger partial charge in [-0.2, -0.15) is 0 Å². The SMILES string of the molecule is COCCN1CCN(CC2OC(c3ccc4c(c3)CCC4=O)=C(c3ccncc3)C2=O)CC1. The molecule has 1 atom stereocenters. The molecule has 1 fully saturated rings. The van der Waals surface area contributed by atoms with Gasteiger partial charge in [-0.05, 0) is 35.7 Å². The van der Waals surface area contributed by atoms with Crippen molar-refractivity contribution in [2.24, 2.45) is 0 Å². The maximum absolute atomic E-state index is 13.5. The number of Topliss-reactive ketones (excluding diaryl/α,β-unsaturated/α-hetero) is 2. The summed E-state index contributed by atoms with van der Waals surface area (Å²) < 4.78 is 11.5. The van der Waals surface area contributed by atoms with Crippen molar-refractivity contribution < 1.29 is 19.1 Å². The van der Waals surface area contributed by atoms with Crippen molar-refractivity contribution in [1.82, 2.24) is 14.8 Å². The van der Waals surface area contributed by atoms with Crippen LogP contribution in [-0.2, 0) is 20.7 Å². The third kappa shape index (κ3) is 4.49. The van der Waals surface area contributed by atoms with Crippen molar-refractivity contribution >= 4 is 22.9 Å². The minimum Gasteiger partial charge on any atom is -0.479 e. The number of rotatable bonds is 7. The average molecular weight is 448 g/mol. The molecule has 1 aromatic carbocycles. The average Bonchev–Trinajstić information content (AvgIpc) is 3.38. The molecule has 2 aliphatic heterocycles. The summed E-state index contributed by atoms with van der Waals surface area (Å²) in [5.74, 6) is 0.803.